The molecule has 12 heavy (non-hydrogen) atoms. The molecule has 1 rings (SSSR count). The van der Waals surface area contributed by atoms with Crippen LogP contribution in [0.25, 0.3) is 0 Å². The molecule has 4 heteroatoms. The molecule has 3 nitrogen and oxygen atoms in total. The first-order valence-electron chi connectivity index (χ1n) is 3.75. The van der Waals surface area contributed by atoms with Gasteiger partial charge in [0.1, 0.15) is 0 Å². The molecule has 1 heterocycles. The van der Waals surface area contributed by atoms with Crippen LogP contribution >= 0.6 is 11.8 Å². The van der Waals surface area contributed by atoms with Gasteiger partial charge in [-0.25, -0.2) is 4.98 Å². The van der Waals surface area contributed by atoms with Crippen molar-refractivity contribution in [3.8, 4) is 0 Å². The van der Waals surface area contributed by atoms with Gasteiger partial charge in [0.25, 0.3) is 0 Å². The minimum Gasteiger partial charge on any atom is -0.397 e. The fraction of sp³-hybridized carbons (Fsp3) is 0.375. The Hall–Kier alpha value is -0.740. The molecule has 0 spiro atoms. The summed E-state index contributed by atoms with van der Waals surface area (Å²) in [5.41, 5.74) is 6.17. The number of thioether (sulfide) groups is 1. The normalized spacial score (nSPS) is 10.1. The maximum atomic E-state index is 5.48. The van der Waals surface area contributed by atoms with Crippen molar-refractivity contribution >= 4 is 17.4 Å². The van der Waals surface area contributed by atoms with E-state index in [0.717, 1.165) is 11.6 Å². The van der Waals surface area contributed by atoms with Crippen LogP contribution in [0.1, 0.15) is 6.92 Å². The smallest absolute Gasteiger partial charge is 0.0983 e. The van der Waals surface area contributed by atoms with Crippen molar-refractivity contribution in [2.24, 2.45) is 0 Å². The molecule has 0 radical (unpaired) electrons. The van der Waals surface area contributed by atoms with E-state index in [1.807, 2.05) is 19.1 Å². The van der Waals surface area contributed by atoms with Gasteiger partial charge in [-0.1, -0.05) is 11.8 Å². The van der Waals surface area contributed by atoms with Gasteiger partial charge < -0.3 is 10.5 Å². The molecule has 0 unspecified atom stereocenters. The number of pyridine rings is 1. The molecule has 0 bridgehead atoms. The number of ether oxygens (including phenoxy) is 1. The zero-order valence-corrected chi connectivity index (χ0v) is 7.80. The minimum absolute atomic E-state index is 0.646. The fourth-order valence-electron chi connectivity index (χ4n) is 0.662. The van der Waals surface area contributed by atoms with Crippen LogP contribution in [0.5, 0.6) is 0 Å². The first kappa shape index (κ1) is 9.35. The Morgan fingerprint density at radius 3 is 3.00 bits per heavy atom. The van der Waals surface area contributed by atoms with Crippen molar-refractivity contribution in [3.05, 3.63) is 18.3 Å². The van der Waals surface area contributed by atoms with E-state index in [4.69, 9.17) is 10.5 Å². The summed E-state index contributed by atoms with van der Waals surface area (Å²) in [6.45, 7) is 2.71. The molecule has 0 saturated heterocycles. The number of aromatic nitrogens is 1. The van der Waals surface area contributed by atoms with Crippen molar-refractivity contribution < 1.29 is 4.74 Å². The first-order valence-corrected chi connectivity index (χ1v) is 4.73. The zero-order chi connectivity index (χ0) is 8.81. The highest BCUT2D eigenvalue weighted by Gasteiger charge is 1.93. The summed E-state index contributed by atoms with van der Waals surface area (Å²) >= 11 is 1.56. The molecule has 66 valence electrons. The third-order valence-electron chi connectivity index (χ3n) is 1.25. The quantitative estimate of drug-likeness (QED) is 0.440. The Bertz CT molecular complexity index is 225. The highest BCUT2D eigenvalue weighted by Crippen LogP contribution is 2.15. The zero-order valence-electron chi connectivity index (χ0n) is 6.99. The van der Waals surface area contributed by atoms with Crippen molar-refractivity contribution in [2.45, 2.75) is 11.9 Å². The van der Waals surface area contributed by atoms with Crippen LogP contribution in [0.3, 0.4) is 0 Å². The maximum absolute atomic E-state index is 5.48. The highest BCUT2D eigenvalue weighted by molar-refractivity contribution is 7.99. The highest BCUT2D eigenvalue weighted by atomic mass is 32.2. The van der Waals surface area contributed by atoms with Gasteiger partial charge in [-0.2, -0.15) is 0 Å². The summed E-state index contributed by atoms with van der Waals surface area (Å²) < 4.78 is 5.16. The SMILES string of the molecule is CCOCSc1ccc(N)cn1. The summed E-state index contributed by atoms with van der Waals surface area (Å²) in [5.74, 6) is 0.646. The second kappa shape index (κ2) is 5.00. The van der Waals surface area contributed by atoms with Crippen LogP contribution in [0.15, 0.2) is 23.4 Å². The van der Waals surface area contributed by atoms with Crippen molar-refractivity contribution in [1.82, 2.24) is 4.98 Å². The third kappa shape index (κ3) is 3.11. The lowest BCUT2D eigenvalue weighted by Gasteiger charge is -2.00. The third-order valence-corrected chi connectivity index (χ3v) is 2.08. The lowest BCUT2D eigenvalue weighted by Crippen LogP contribution is -1.90. The number of nitrogen functional groups attached to an aromatic ring is 1. The molecule has 0 aromatic carbocycles. The number of rotatable bonds is 4. The Morgan fingerprint density at radius 2 is 2.42 bits per heavy atom. The average molecular weight is 184 g/mol. The fourth-order valence-corrected chi connectivity index (χ4v) is 1.32. The van der Waals surface area contributed by atoms with E-state index in [-0.39, 0.29) is 0 Å². The lowest BCUT2D eigenvalue weighted by atomic mass is 10.4. The van der Waals surface area contributed by atoms with Crippen molar-refractivity contribution in [2.75, 3.05) is 18.3 Å². The summed E-state index contributed by atoms with van der Waals surface area (Å²) in [7, 11) is 0. The van der Waals surface area contributed by atoms with E-state index >= 15 is 0 Å². The van der Waals surface area contributed by atoms with Crippen LogP contribution in [-0.4, -0.2) is 17.5 Å². The molecular formula is C8H12N2OS. The topological polar surface area (TPSA) is 48.1 Å². The van der Waals surface area contributed by atoms with Crippen LogP contribution in [0, 0.1) is 0 Å². The molecule has 1 aromatic rings. The molecule has 1 aromatic heterocycles. The van der Waals surface area contributed by atoms with E-state index in [2.05, 4.69) is 4.98 Å². The molecule has 2 N–H and O–H groups in total. The van der Waals surface area contributed by atoms with E-state index in [9.17, 15) is 0 Å². The van der Waals surface area contributed by atoms with E-state index in [0.29, 0.717) is 11.6 Å². The van der Waals surface area contributed by atoms with Gasteiger partial charge >= 0.3 is 0 Å². The summed E-state index contributed by atoms with van der Waals surface area (Å²) in [6.07, 6.45) is 1.65. The maximum Gasteiger partial charge on any atom is 0.0983 e. The van der Waals surface area contributed by atoms with Gasteiger partial charge in [-0.05, 0) is 19.1 Å². The van der Waals surface area contributed by atoms with Gasteiger partial charge in [0, 0.05) is 6.61 Å². The lowest BCUT2D eigenvalue weighted by molar-refractivity contribution is 0.199. The van der Waals surface area contributed by atoms with Crippen LogP contribution < -0.4 is 5.73 Å². The number of hydrogen-bond acceptors (Lipinski definition) is 4. The monoisotopic (exact) mass is 184 g/mol. The Morgan fingerprint density at radius 1 is 1.58 bits per heavy atom. The summed E-state index contributed by atoms with van der Waals surface area (Å²) in [5, 5.41) is 0.942. The van der Waals surface area contributed by atoms with Gasteiger partial charge in [0.2, 0.25) is 0 Å². The molecule has 0 fully saturated rings. The molecular weight excluding hydrogens is 172 g/mol. The number of hydrogen-bond donors (Lipinski definition) is 1. The number of anilines is 1. The molecule has 0 atom stereocenters. The standard InChI is InChI=1S/C8H12N2OS/c1-2-11-6-12-8-4-3-7(9)5-10-8/h3-5H,2,6,9H2,1H3. The largest absolute Gasteiger partial charge is 0.397 e. The van der Waals surface area contributed by atoms with E-state index in [1.165, 1.54) is 0 Å². The molecule has 0 aliphatic heterocycles. The van der Waals surface area contributed by atoms with Gasteiger partial charge in [-0.3, -0.25) is 0 Å². The summed E-state index contributed by atoms with van der Waals surface area (Å²) in [4.78, 5) is 4.11. The molecule has 0 aliphatic carbocycles. The Kier molecular flexibility index (Phi) is 3.90. The Labute approximate surface area is 76.3 Å². The average Bonchev–Trinajstić information content (AvgIpc) is 2.09. The van der Waals surface area contributed by atoms with Gasteiger partial charge in [-0.15, -0.1) is 0 Å². The molecule has 0 aliphatic rings. The number of nitrogens with two attached hydrogens (primary N) is 1. The van der Waals surface area contributed by atoms with Crippen LogP contribution in [-0.2, 0) is 4.74 Å². The van der Waals surface area contributed by atoms with Crippen molar-refractivity contribution in [1.29, 1.82) is 0 Å². The van der Waals surface area contributed by atoms with Gasteiger partial charge in [0.15, 0.2) is 0 Å². The Balaban J connectivity index is 2.37. The second-order valence-electron chi connectivity index (χ2n) is 2.18. The van der Waals surface area contributed by atoms with Crippen LogP contribution in [0.2, 0.25) is 0 Å². The van der Waals surface area contributed by atoms with Gasteiger partial charge in [0.05, 0.1) is 22.8 Å². The summed E-state index contributed by atoms with van der Waals surface area (Å²) in [6, 6.07) is 3.72. The van der Waals surface area contributed by atoms with Crippen molar-refractivity contribution in [3.63, 3.8) is 0 Å². The van der Waals surface area contributed by atoms with E-state index in [1.54, 1.807) is 18.0 Å². The minimum atomic E-state index is 0.646. The predicted molar refractivity (Wildman–Crippen MR) is 51.0 cm³/mol. The molecule has 0 saturated carbocycles. The number of nitrogens with zero attached hydrogens (tertiary/aromatic N) is 1. The second-order valence-corrected chi connectivity index (χ2v) is 3.13. The van der Waals surface area contributed by atoms with Crippen LogP contribution in [0.4, 0.5) is 5.69 Å². The van der Waals surface area contributed by atoms with E-state index < -0.39 is 0 Å². The molecule has 0 amide bonds. The predicted octanol–water partition coefficient (Wildman–Crippen LogP) is 1.75. The first-order chi connectivity index (χ1) is 5.83.